The normalized spacial score (nSPS) is 15.4. The summed E-state index contributed by atoms with van der Waals surface area (Å²) in [5.74, 6) is -0.106. The Kier molecular flexibility index (Phi) is 9.37. The van der Waals surface area contributed by atoms with Gasteiger partial charge in [0.15, 0.2) is 17.6 Å². The highest BCUT2D eigenvalue weighted by Crippen LogP contribution is 2.28. The number of likely N-dealkylation sites (tertiary alicyclic amines) is 1. The number of hydrogen-bond donors (Lipinski definition) is 0. The number of esters is 2. The molecule has 0 aromatic heterocycles. The van der Waals surface area contributed by atoms with Gasteiger partial charge in [0.25, 0.3) is 5.91 Å². The third-order valence-electron chi connectivity index (χ3n) is 4.97. The van der Waals surface area contributed by atoms with Gasteiger partial charge in [0.2, 0.25) is 0 Å². The number of hydrogen-bond acceptors (Lipinski definition) is 7. The van der Waals surface area contributed by atoms with E-state index in [1.54, 1.807) is 50.1 Å². The molecule has 8 nitrogen and oxygen atoms in total. The van der Waals surface area contributed by atoms with Gasteiger partial charge in [-0.15, -0.1) is 0 Å². The van der Waals surface area contributed by atoms with E-state index in [4.69, 9.17) is 18.9 Å². The van der Waals surface area contributed by atoms with Gasteiger partial charge in [-0.1, -0.05) is 6.07 Å². The van der Waals surface area contributed by atoms with Crippen molar-refractivity contribution in [3.05, 3.63) is 29.8 Å². The molecule has 1 aliphatic heterocycles. The summed E-state index contributed by atoms with van der Waals surface area (Å²) in [5, 5.41) is 0. The molecule has 0 radical (unpaired) electrons. The molecule has 31 heavy (non-hydrogen) atoms. The van der Waals surface area contributed by atoms with Crippen LogP contribution < -0.4 is 9.47 Å². The summed E-state index contributed by atoms with van der Waals surface area (Å²) in [4.78, 5) is 38.2. The van der Waals surface area contributed by atoms with E-state index in [0.717, 1.165) is 5.56 Å². The second-order valence-corrected chi connectivity index (χ2v) is 7.11. The first-order valence-electron chi connectivity index (χ1n) is 10.5. The maximum Gasteiger partial charge on any atom is 0.331 e. The lowest BCUT2D eigenvalue weighted by Gasteiger charge is -2.32. The van der Waals surface area contributed by atoms with Crippen LogP contribution in [0.5, 0.6) is 11.5 Å². The highest BCUT2D eigenvalue weighted by atomic mass is 16.5. The molecule has 1 unspecified atom stereocenters. The lowest BCUT2D eigenvalue weighted by atomic mass is 9.97. The molecule has 1 heterocycles. The average Bonchev–Trinajstić information content (AvgIpc) is 2.78. The Morgan fingerprint density at radius 1 is 1.13 bits per heavy atom. The molecule has 1 saturated heterocycles. The summed E-state index contributed by atoms with van der Waals surface area (Å²) in [6, 6.07) is 5.30. The number of nitrogens with zero attached hydrogens (tertiary/aromatic N) is 1. The van der Waals surface area contributed by atoms with Gasteiger partial charge >= 0.3 is 11.9 Å². The lowest BCUT2D eigenvalue weighted by Crippen LogP contribution is -2.45. The van der Waals surface area contributed by atoms with Crippen molar-refractivity contribution in [3.8, 4) is 11.5 Å². The second kappa shape index (κ2) is 12.0. The second-order valence-electron chi connectivity index (χ2n) is 7.11. The molecule has 0 N–H and O–H groups in total. The smallest absolute Gasteiger partial charge is 0.331 e. The summed E-state index contributed by atoms with van der Waals surface area (Å²) in [5.41, 5.74) is 0.734. The molecule has 1 aromatic rings. The van der Waals surface area contributed by atoms with Gasteiger partial charge in [-0.05, 0) is 57.4 Å². The van der Waals surface area contributed by atoms with Crippen molar-refractivity contribution in [2.24, 2.45) is 5.92 Å². The molecule has 1 fully saturated rings. The van der Waals surface area contributed by atoms with Gasteiger partial charge < -0.3 is 23.8 Å². The quantitative estimate of drug-likeness (QED) is 0.437. The first kappa shape index (κ1) is 24.2. The van der Waals surface area contributed by atoms with E-state index < -0.39 is 12.1 Å². The van der Waals surface area contributed by atoms with Gasteiger partial charge in [0.1, 0.15) is 0 Å². The minimum atomic E-state index is -0.911. The number of carbonyl (C=O) groups is 3. The fourth-order valence-corrected chi connectivity index (χ4v) is 3.34. The van der Waals surface area contributed by atoms with Crippen molar-refractivity contribution in [2.45, 2.75) is 39.7 Å². The molecule has 0 saturated carbocycles. The lowest BCUT2D eigenvalue weighted by molar-refractivity contribution is -0.157. The van der Waals surface area contributed by atoms with Gasteiger partial charge in [0.05, 0.1) is 26.2 Å². The minimum absolute atomic E-state index is 0.184. The van der Waals surface area contributed by atoms with Crippen molar-refractivity contribution < 1.29 is 33.3 Å². The van der Waals surface area contributed by atoms with E-state index in [1.165, 1.54) is 6.08 Å². The predicted molar refractivity (Wildman–Crippen MR) is 115 cm³/mol. The zero-order chi connectivity index (χ0) is 22.8. The molecule has 2 rings (SSSR count). The monoisotopic (exact) mass is 433 g/mol. The number of amides is 1. The van der Waals surface area contributed by atoms with Crippen LogP contribution in [0.15, 0.2) is 24.3 Å². The van der Waals surface area contributed by atoms with Crippen LogP contribution in [0, 0.1) is 5.92 Å². The molecule has 0 bridgehead atoms. The number of piperidine rings is 1. The Morgan fingerprint density at radius 2 is 1.84 bits per heavy atom. The Morgan fingerprint density at radius 3 is 2.45 bits per heavy atom. The average molecular weight is 434 g/mol. The number of benzene rings is 1. The zero-order valence-electron chi connectivity index (χ0n) is 18.6. The fourth-order valence-electron chi connectivity index (χ4n) is 3.34. The number of carbonyl (C=O) groups excluding carboxylic acids is 3. The van der Waals surface area contributed by atoms with Crippen LogP contribution in [0.1, 0.15) is 39.2 Å². The van der Waals surface area contributed by atoms with E-state index in [2.05, 4.69) is 0 Å². The van der Waals surface area contributed by atoms with Crippen molar-refractivity contribution >= 4 is 23.9 Å². The zero-order valence-corrected chi connectivity index (χ0v) is 18.6. The molecular weight excluding hydrogens is 402 g/mol. The number of methoxy groups -OCH3 is 1. The summed E-state index contributed by atoms with van der Waals surface area (Å²) < 4.78 is 21.1. The van der Waals surface area contributed by atoms with Gasteiger partial charge in [0, 0.05) is 19.2 Å². The third-order valence-corrected chi connectivity index (χ3v) is 4.97. The number of ether oxygens (including phenoxy) is 4. The minimum Gasteiger partial charge on any atom is -0.493 e. The van der Waals surface area contributed by atoms with Gasteiger partial charge in [-0.3, -0.25) is 9.59 Å². The first-order chi connectivity index (χ1) is 14.9. The molecule has 0 spiro atoms. The van der Waals surface area contributed by atoms with Crippen LogP contribution in [0.3, 0.4) is 0 Å². The molecule has 170 valence electrons. The van der Waals surface area contributed by atoms with Crippen molar-refractivity contribution in [3.63, 3.8) is 0 Å². The SMILES string of the molecule is CCOC(=O)C1CCN(C(=O)C(C)OC(=O)/C=C/c2ccc(OCC)c(OC)c2)CC1. The van der Waals surface area contributed by atoms with E-state index in [9.17, 15) is 14.4 Å². The summed E-state index contributed by atoms with van der Waals surface area (Å²) in [6.07, 6.45) is 3.04. The fraction of sp³-hybridized carbons (Fsp3) is 0.522. The molecule has 1 aliphatic rings. The van der Waals surface area contributed by atoms with E-state index in [0.29, 0.717) is 50.6 Å². The Labute approximate surface area is 183 Å². The van der Waals surface area contributed by atoms with Crippen LogP contribution in [0.25, 0.3) is 6.08 Å². The predicted octanol–water partition coefficient (Wildman–Crippen LogP) is 2.84. The molecule has 8 heteroatoms. The molecule has 0 aliphatic carbocycles. The van der Waals surface area contributed by atoms with Crippen molar-refractivity contribution in [2.75, 3.05) is 33.4 Å². The van der Waals surface area contributed by atoms with Crippen LogP contribution in [0.4, 0.5) is 0 Å². The van der Waals surface area contributed by atoms with Crippen LogP contribution in [0.2, 0.25) is 0 Å². The van der Waals surface area contributed by atoms with E-state index in [1.807, 2.05) is 6.92 Å². The third kappa shape index (κ3) is 7.01. The van der Waals surface area contributed by atoms with Crippen LogP contribution in [-0.2, 0) is 23.9 Å². The highest BCUT2D eigenvalue weighted by Gasteiger charge is 2.31. The Balaban J connectivity index is 1.86. The topological polar surface area (TPSA) is 91.4 Å². The first-order valence-corrected chi connectivity index (χ1v) is 10.5. The molecular formula is C23H31NO7. The maximum atomic E-state index is 12.6. The molecule has 1 atom stereocenters. The molecule has 1 aromatic carbocycles. The Hall–Kier alpha value is -3.03. The summed E-state index contributed by atoms with van der Waals surface area (Å²) >= 11 is 0. The maximum absolute atomic E-state index is 12.6. The van der Waals surface area contributed by atoms with Crippen LogP contribution in [-0.4, -0.2) is 62.3 Å². The summed E-state index contributed by atoms with van der Waals surface area (Å²) in [6.45, 7) is 6.94. The van der Waals surface area contributed by atoms with E-state index in [-0.39, 0.29) is 17.8 Å². The largest absolute Gasteiger partial charge is 0.493 e. The van der Waals surface area contributed by atoms with Gasteiger partial charge in [-0.2, -0.15) is 0 Å². The highest BCUT2D eigenvalue weighted by molar-refractivity contribution is 5.90. The van der Waals surface area contributed by atoms with Gasteiger partial charge in [-0.25, -0.2) is 4.79 Å². The number of rotatable bonds is 9. The Bertz CT molecular complexity index is 797. The standard InChI is InChI=1S/C23H31NO7/c1-5-29-19-9-7-17(15-20(19)28-4)8-10-21(25)31-16(3)22(26)24-13-11-18(12-14-24)23(27)30-6-2/h7-10,15-16,18H,5-6,11-14H2,1-4H3/b10-8+. The van der Waals surface area contributed by atoms with E-state index >= 15 is 0 Å². The van der Waals surface area contributed by atoms with Crippen molar-refractivity contribution in [1.82, 2.24) is 4.90 Å². The summed E-state index contributed by atoms with van der Waals surface area (Å²) in [7, 11) is 1.54. The molecule has 1 amide bonds. The van der Waals surface area contributed by atoms with Crippen molar-refractivity contribution in [1.29, 1.82) is 0 Å². The van der Waals surface area contributed by atoms with Crippen LogP contribution >= 0.6 is 0 Å².